The second-order valence-corrected chi connectivity index (χ2v) is 9.60. The number of nitrogens with one attached hydrogen (secondary N) is 1. The lowest BCUT2D eigenvalue weighted by atomic mass is 10.1. The van der Waals surface area contributed by atoms with Gasteiger partial charge in [0.05, 0.1) is 31.0 Å². The lowest BCUT2D eigenvalue weighted by Gasteiger charge is -2.14. The molecule has 8 nitrogen and oxygen atoms in total. The van der Waals surface area contributed by atoms with Crippen molar-refractivity contribution in [3.63, 3.8) is 0 Å². The van der Waals surface area contributed by atoms with Crippen LogP contribution in [0.4, 0.5) is 16.0 Å². The molecule has 0 aliphatic rings. The van der Waals surface area contributed by atoms with Crippen LogP contribution < -0.4 is 25.1 Å². The summed E-state index contributed by atoms with van der Waals surface area (Å²) in [6.07, 6.45) is 2.99. The van der Waals surface area contributed by atoms with Crippen LogP contribution in [0.15, 0.2) is 76.3 Å². The highest BCUT2D eigenvalue weighted by Gasteiger charge is 2.16. The fraction of sp³-hybridized carbons (Fsp3) is 0.138. The molecule has 0 unspecified atom stereocenters. The normalized spacial score (nSPS) is 10.9. The summed E-state index contributed by atoms with van der Waals surface area (Å²) in [5.74, 6) is 1.12. The quantitative estimate of drug-likeness (QED) is 0.224. The molecular formula is C29H24BrFN4O4. The van der Waals surface area contributed by atoms with Crippen molar-refractivity contribution in [1.82, 2.24) is 14.5 Å². The predicted octanol–water partition coefficient (Wildman–Crippen LogP) is 6.76. The largest absolute Gasteiger partial charge is 0.493 e. The zero-order valence-electron chi connectivity index (χ0n) is 21.6. The third-order valence-electron chi connectivity index (χ3n) is 6.21. The smallest absolute Gasteiger partial charge is 0.262 e. The Morgan fingerprint density at radius 2 is 1.69 bits per heavy atom. The molecule has 0 aliphatic heterocycles. The molecule has 0 amide bonds. The zero-order chi connectivity index (χ0) is 27.7. The summed E-state index contributed by atoms with van der Waals surface area (Å²) >= 11 is 3.52. The van der Waals surface area contributed by atoms with Gasteiger partial charge in [0.2, 0.25) is 5.95 Å². The SMILES string of the molecule is COc1cc2nccc(Oc3ccc(-c4cnc(Nc5ccc(C)cc5Br)n(C)c4=O)cc3F)c2cc1OC. The third kappa shape index (κ3) is 5.15. The standard InChI is InChI=1S/C29H24BrFN4O4/c1-16-5-7-22(20(30)11-16)34-29-33-15-19(28(36)35(29)2)17-6-8-25(21(31)12-17)39-24-9-10-32-23-14-27(38-4)26(37-3)13-18(23)24/h5-15H,1-4H3,(H,33,34). The summed E-state index contributed by atoms with van der Waals surface area (Å²) in [6.45, 7) is 1.99. The van der Waals surface area contributed by atoms with Crippen LogP contribution in [-0.2, 0) is 7.05 Å². The molecule has 5 aromatic rings. The number of methoxy groups -OCH3 is 2. The van der Waals surface area contributed by atoms with Crippen molar-refractivity contribution >= 4 is 38.5 Å². The molecule has 3 aromatic carbocycles. The van der Waals surface area contributed by atoms with Gasteiger partial charge in [-0.1, -0.05) is 12.1 Å². The Kier molecular flexibility index (Phi) is 7.21. The minimum Gasteiger partial charge on any atom is -0.493 e. The van der Waals surface area contributed by atoms with Crippen LogP contribution in [0.2, 0.25) is 0 Å². The maximum Gasteiger partial charge on any atom is 0.262 e. The van der Waals surface area contributed by atoms with E-state index in [0.29, 0.717) is 39.7 Å². The second-order valence-electron chi connectivity index (χ2n) is 8.75. The van der Waals surface area contributed by atoms with Crippen molar-refractivity contribution < 1.29 is 18.6 Å². The average Bonchev–Trinajstić information content (AvgIpc) is 2.93. The molecule has 0 aliphatic carbocycles. The molecule has 2 aromatic heterocycles. The molecule has 0 spiro atoms. The number of hydrogen-bond donors (Lipinski definition) is 1. The number of fused-ring (bicyclic) bond motifs is 1. The highest BCUT2D eigenvalue weighted by molar-refractivity contribution is 9.10. The number of halogens is 2. The van der Waals surface area contributed by atoms with E-state index in [9.17, 15) is 4.79 Å². The Morgan fingerprint density at radius 3 is 2.41 bits per heavy atom. The number of hydrogen-bond acceptors (Lipinski definition) is 7. The molecule has 5 rings (SSSR count). The van der Waals surface area contributed by atoms with E-state index < -0.39 is 5.82 Å². The molecule has 0 saturated heterocycles. The number of pyridine rings is 1. The van der Waals surface area contributed by atoms with Gasteiger partial charge in [0.15, 0.2) is 23.1 Å². The van der Waals surface area contributed by atoms with Gasteiger partial charge in [0.25, 0.3) is 5.56 Å². The Balaban J connectivity index is 1.44. The van der Waals surface area contributed by atoms with Gasteiger partial charge >= 0.3 is 0 Å². The fourth-order valence-electron chi connectivity index (χ4n) is 4.11. The van der Waals surface area contributed by atoms with E-state index in [1.807, 2.05) is 25.1 Å². The molecule has 0 fully saturated rings. The first-order chi connectivity index (χ1) is 18.8. The van der Waals surface area contributed by atoms with E-state index in [0.717, 1.165) is 15.7 Å². The fourth-order valence-corrected chi connectivity index (χ4v) is 4.70. The number of nitrogens with zero attached hydrogens (tertiary/aromatic N) is 3. The monoisotopic (exact) mass is 590 g/mol. The highest BCUT2D eigenvalue weighted by Crippen LogP contribution is 2.37. The van der Waals surface area contributed by atoms with Crippen molar-refractivity contribution in [2.24, 2.45) is 7.05 Å². The van der Waals surface area contributed by atoms with Crippen LogP contribution in [-0.4, -0.2) is 28.8 Å². The van der Waals surface area contributed by atoms with Crippen LogP contribution in [0.1, 0.15) is 5.56 Å². The third-order valence-corrected chi connectivity index (χ3v) is 6.87. The van der Waals surface area contributed by atoms with Gasteiger partial charge in [-0.3, -0.25) is 14.3 Å². The van der Waals surface area contributed by atoms with Gasteiger partial charge in [0.1, 0.15) is 5.75 Å². The number of aryl methyl sites for hydroxylation is 1. The molecule has 39 heavy (non-hydrogen) atoms. The van der Waals surface area contributed by atoms with Crippen molar-refractivity contribution in [2.75, 3.05) is 19.5 Å². The van der Waals surface area contributed by atoms with E-state index in [1.165, 1.54) is 37.1 Å². The summed E-state index contributed by atoms with van der Waals surface area (Å²) in [5.41, 5.74) is 2.76. The van der Waals surface area contributed by atoms with Gasteiger partial charge in [-0.25, -0.2) is 9.37 Å². The number of ether oxygens (including phenoxy) is 3. The zero-order valence-corrected chi connectivity index (χ0v) is 23.2. The second kappa shape index (κ2) is 10.7. The van der Waals surface area contributed by atoms with E-state index in [-0.39, 0.29) is 16.9 Å². The van der Waals surface area contributed by atoms with Crippen molar-refractivity contribution in [3.05, 3.63) is 93.2 Å². The maximum atomic E-state index is 15.2. The molecule has 10 heteroatoms. The molecule has 198 valence electrons. The van der Waals surface area contributed by atoms with E-state index in [4.69, 9.17) is 14.2 Å². The predicted molar refractivity (Wildman–Crippen MR) is 152 cm³/mol. The number of anilines is 2. The van der Waals surface area contributed by atoms with E-state index in [2.05, 4.69) is 31.2 Å². The summed E-state index contributed by atoms with van der Waals surface area (Å²) in [4.78, 5) is 21.9. The number of benzene rings is 3. The van der Waals surface area contributed by atoms with Gasteiger partial charge < -0.3 is 19.5 Å². The Morgan fingerprint density at radius 1 is 0.923 bits per heavy atom. The molecule has 0 radical (unpaired) electrons. The first kappa shape index (κ1) is 26.2. The van der Waals surface area contributed by atoms with Crippen molar-refractivity contribution in [1.29, 1.82) is 0 Å². The topological polar surface area (TPSA) is 87.5 Å². The van der Waals surface area contributed by atoms with Gasteiger partial charge in [-0.15, -0.1) is 0 Å². The van der Waals surface area contributed by atoms with Crippen LogP contribution in [0.25, 0.3) is 22.0 Å². The molecule has 1 N–H and O–H groups in total. The molecular weight excluding hydrogens is 567 g/mol. The van der Waals surface area contributed by atoms with Gasteiger partial charge in [-0.05, 0) is 70.4 Å². The highest BCUT2D eigenvalue weighted by atomic mass is 79.9. The first-order valence-corrected chi connectivity index (χ1v) is 12.7. The van der Waals surface area contributed by atoms with Crippen LogP contribution in [0.3, 0.4) is 0 Å². The molecule has 0 bridgehead atoms. The summed E-state index contributed by atoms with van der Waals surface area (Å²) in [7, 11) is 4.67. The maximum absolute atomic E-state index is 15.2. The minimum absolute atomic E-state index is 0.00618. The summed E-state index contributed by atoms with van der Waals surface area (Å²) < 4.78 is 34.1. The van der Waals surface area contributed by atoms with Crippen molar-refractivity contribution in [2.45, 2.75) is 6.92 Å². The van der Waals surface area contributed by atoms with Crippen LogP contribution in [0.5, 0.6) is 23.0 Å². The molecule has 0 saturated carbocycles. The Hall–Kier alpha value is -4.44. The number of rotatable bonds is 7. The summed E-state index contributed by atoms with van der Waals surface area (Å²) in [6, 6.07) is 15.2. The van der Waals surface area contributed by atoms with Gasteiger partial charge in [-0.2, -0.15) is 0 Å². The molecule has 2 heterocycles. The van der Waals surface area contributed by atoms with E-state index in [1.54, 1.807) is 37.5 Å². The lowest BCUT2D eigenvalue weighted by Crippen LogP contribution is -2.22. The average molecular weight is 591 g/mol. The van der Waals surface area contributed by atoms with Crippen LogP contribution in [0, 0.1) is 12.7 Å². The number of aromatic nitrogens is 3. The van der Waals surface area contributed by atoms with Gasteiger partial charge in [0, 0.05) is 35.4 Å². The Bertz CT molecular complexity index is 1770. The van der Waals surface area contributed by atoms with Crippen molar-refractivity contribution in [3.8, 4) is 34.1 Å². The lowest BCUT2D eigenvalue weighted by molar-refractivity contribution is 0.355. The minimum atomic E-state index is -0.634. The van der Waals surface area contributed by atoms with Crippen LogP contribution >= 0.6 is 15.9 Å². The molecule has 0 atom stereocenters. The summed E-state index contributed by atoms with van der Waals surface area (Å²) in [5, 5.41) is 3.78. The first-order valence-electron chi connectivity index (χ1n) is 11.9. The Labute approximate surface area is 232 Å². The van der Waals surface area contributed by atoms with E-state index >= 15 is 4.39 Å².